The van der Waals surface area contributed by atoms with Gasteiger partial charge in [-0.25, -0.2) is 13.1 Å². The van der Waals surface area contributed by atoms with Gasteiger partial charge in [0.2, 0.25) is 9.84 Å². The van der Waals surface area contributed by atoms with Gasteiger partial charge in [0.05, 0.1) is 20.9 Å². The molecule has 35 heavy (non-hydrogen) atoms. The van der Waals surface area contributed by atoms with Crippen LogP contribution < -0.4 is 10.3 Å². The highest BCUT2D eigenvalue weighted by molar-refractivity contribution is 7.91. The Bertz CT molecular complexity index is 1690. The second kappa shape index (κ2) is 8.85. The Balaban J connectivity index is 1.38. The lowest BCUT2D eigenvalue weighted by Gasteiger charge is -2.10. The molecule has 0 bridgehead atoms. The van der Waals surface area contributed by atoms with Crippen LogP contribution in [0.3, 0.4) is 0 Å². The number of ether oxygens (including phenoxy) is 1. The Labute approximate surface area is 203 Å². The van der Waals surface area contributed by atoms with E-state index in [1.165, 1.54) is 4.68 Å². The van der Waals surface area contributed by atoms with Gasteiger partial charge < -0.3 is 4.74 Å². The Morgan fingerprint density at radius 3 is 1.83 bits per heavy atom. The number of fused-ring (bicyclic) bond motifs is 1. The SMILES string of the molecule is Cc1ccc(S(=O)(=O)c2ccc(Oc3ccc(-c4nn(C)c(=O)c5ccccc45)cc3)cc2)cc1. The summed E-state index contributed by atoms with van der Waals surface area (Å²) in [5.41, 5.74) is 2.42. The highest BCUT2D eigenvalue weighted by Crippen LogP contribution is 2.29. The molecule has 0 aliphatic heterocycles. The number of hydrogen-bond donors (Lipinski definition) is 0. The van der Waals surface area contributed by atoms with Gasteiger partial charge in [-0.1, -0.05) is 35.9 Å². The number of rotatable bonds is 5. The molecule has 0 unspecified atom stereocenters. The van der Waals surface area contributed by atoms with Gasteiger partial charge in [0.25, 0.3) is 5.56 Å². The number of aromatic nitrogens is 2. The fourth-order valence-electron chi connectivity index (χ4n) is 3.87. The molecule has 0 spiro atoms. The zero-order chi connectivity index (χ0) is 24.6. The quantitative estimate of drug-likeness (QED) is 0.329. The van der Waals surface area contributed by atoms with Crippen molar-refractivity contribution in [1.29, 1.82) is 0 Å². The zero-order valence-corrected chi connectivity index (χ0v) is 20.0. The molecule has 5 rings (SSSR count). The van der Waals surface area contributed by atoms with E-state index in [9.17, 15) is 13.2 Å². The number of benzene rings is 4. The van der Waals surface area contributed by atoms with E-state index in [2.05, 4.69) is 5.10 Å². The summed E-state index contributed by atoms with van der Waals surface area (Å²) in [5, 5.41) is 5.85. The molecule has 0 aliphatic rings. The second-order valence-electron chi connectivity index (χ2n) is 8.24. The van der Waals surface area contributed by atoms with Gasteiger partial charge in [-0.05, 0) is 73.7 Å². The smallest absolute Gasteiger partial charge is 0.274 e. The summed E-state index contributed by atoms with van der Waals surface area (Å²) in [6, 6.07) is 27.9. The molecule has 0 fully saturated rings. The van der Waals surface area contributed by atoms with Crippen molar-refractivity contribution in [3.8, 4) is 22.8 Å². The Kier molecular flexibility index (Phi) is 5.70. The molecule has 1 heterocycles. The molecule has 1 aromatic heterocycles. The number of sulfone groups is 1. The number of hydrogen-bond acceptors (Lipinski definition) is 5. The lowest BCUT2D eigenvalue weighted by molar-refractivity contribution is 0.482. The van der Waals surface area contributed by atoms with E-state index >= 15 is 0 Å². The first kappa shape index (κ1) is 22.6. The van der Waals surface area contributed by atoms with Crippen LogP contribution in [0.4, 0.5) is 0 Å². The maximum Gasteiger partial charge on any atom is 0.274 e. The number of aryl methyl sites for hydroxylation is 2. The predicted octanol–water partition coefficient (Wildman–Crippen LogP) is 5.53. The topological polar surface area (TPSA) is 78.3 Å². The lowest BCUT2D eigenvalue weighted by Crippen LogP contribution is -2.20. The van der Waals surface area contributed by atoms with E-state index in [-0.39, 0.29) is 15.4 Å². The van der Waals surface area contributed by atoms with Crippen molar-refractivity contribution < 1.29 is 13.2 Å². The van der Waals surface area contributed by atoms with Crippen molar-refractivity contribution in [2.45, 2.75) is 16.7 Å². The van der Waals surface area contributed by atoms with Crippen molar-refractivity contribution in [2.24, 2.45) is 7.05 Å². The first-order valence-electron chi connectivity index (χ1n) is 11.0. The number of nitrogens with zero attached hydrogens (tertiary/aromatic N) is 2. The fourth-order valence-corrected chi connectivity index (χ4v) is 5.13. The second-order valence-corrected chi connectivity index (χ2v) is 10.2. The average Bonchev–Trinajstić information content (AvgIpc) is 2.87. The molecule has 0 radical (unpaired) electrons. The molecule has 0 N–H and O–H groups in total. The van der Waals surface area contributed by atoms with Crippen LogP contribution in [-0.4, -0.2) is 18.2 Å². The molecular formula is C28H22N2O4S. The van der Waals surface area contributed by atoms with Crippen LogP contribution >= 0.6 is 0 Å². The van der Waals surface area contributed by atoms with Gasteiger partial charge in [0.1, 0.15) is 11.5 Å². The molecule has 0 atom stereocenters. The standard InChI is InChI=1S/C28H22N2O4S/c1-19-7-15-23(16-8-19)35(32,33)24-17-13-22(14-18-24)34-21-11-9-20(10-12-21)27-25-5-3-4-6-26(25)28(31)30(2)29-27/h3-18H,1-2H3. The highest BCUT2D eigenvalue weighted by Gasteiger charge is 2.17. The molecule has 5 aromatic rings. The third kappa shape index (κ3) is 4.34. The van der Waals surface area contributed by atoms with E-state index < -0.39 is 9.84 Å². The van der Waals surface area contributed by atoms with Gasteiger partial charge in [-0.2, -0.15) is 5.10 Å². The molecule has 0 saturated heterocycles. The van der Waals surface area contributed by atoms with Gasteiger partial charge in [-0.3, -0.25) is 4.79 Å². The Morgan fingerprint density at radius 2 is 1.23 bits per heavy atom. The lowest BCUT2D eigenvalue weighted by atomic mass is 10.1. The van der Waals surface area contributed by atoms with Crippen molar-refractivity contribution in [1.82, 2.24) is 9.78 Å². The highest BCUT2D eigenvalue weighted by atomic mass is 32.2. The fraction of sp³-hybridized carbons (Fsp3) is 0.0714. The molecule has 0 amide bonds. The van der Waals surface area contributed by atoms with Crippen LogP contribution in [-0.2, 0) is 16.9 Å². The first-order valence-corrected chi connectivity index (χ1v) is 12.5. The van der Waals surface area contributed by atoms with Crippen molar-refractivity contribution >= 4 is 20.6 Å². The van der Waals surface area contributed by atoms with Crippen LogP contribution in [0, 0.1) is 6.92 Å². The minimum atomic E-state index is -3.59. The largest absolute Gasteiger partial charge is 0.457 e. The van der Waals surface area contributed by atoms with Gasteiger partial charge in [-0.15, -0.1) is 0 Å². The maximum atomic E-state index is 12.9. The van der Waals surface area contributed by atoms with Gasteiger partial charge >= 0.3 is 0 Å². The normalized spacial score (nSPS) is 11.5. The average molecular weight is 483 g/mol. The van der Waals surface area contributed by atoms with Crippen LogP contribution in [0.15, 0.2) is 112 Å². The van der Waals surface area contributed by atoms with E-state index in [0.717, 1.165) is 16.5 Å². The van der Waals surface area contributed by atoms with E-state index in [4.69, 9.17) is 4.74 Å². The summed E-state index contributed by atoms with van der Waals surface area (Å²) in [4.78, 5) is 12.9. The van der Waals surface area contributed by atoms with Crippen LogP contribution in [0.1, 0.15) is 5.56 Å². The Hall–Kier alpha value is -4.23. The van der Waals surface area contributed by atoms with Crippen LogP contribution in [0.5, 0.6) is 11.5 Å². The summed E-state index contributed by atoms with van der Waals surface area (Å²) in [5.74, 6) is 1.11. The van der Waals surface area contributed by atoms with Crippen molar-refractivity contribution in [2.75, 3.05) is 0 Å². The van der Waals surface area contributed by atoms with Gasteiger partial charge in [0, 0.05) is 18.0 Å². The summed E-state index contributed by atoms with van der Waals surface area (Å²) in [7, 11) is -1.96. The molecule has 0 saturated carbocycles. The molecule has 7 heteroatoms. The Morgan fingerprint density at radius 1 is 0.714 bits per heavy atom. The summed E-state index contributed by atoms with van der Waals surface area (Å²) < 4.78 is 33.0. The van der Waals surface area contributed by atoms with Crippen molar-refractivity contribution in [3.05, 3.63) is 113 Å². The van der Waals surface area contributed by atoms with E-state index in [1.807, 2.05) is 49.4 Å². The minimum absolute atomic E-state index is 0.142. The van der Waals surface area contributed by atoms with Crippen molar-refractivity contribution in [3.63, 3.8) is 0 Å². The van der Waals surface area contributed by atoms with E-state index in [0.29, 0.717) is 22.6 Å². The monoisotopic (exact) mass is 482 g/mol. The van der Waals surface area contributed by atoms with Crippen LogP contribution in [0.2, 0.25) is 0 Å². The van der Waals surface area contributed by atoms with Gasteiger partial charge in [0.15, 0.2) is 0 Å². The third-order valence-electron chi connectivity index (χ3n) is 5.79. The zero-order valence-electron chi connectivity index (χ0n) is 19.2. The van der Waals surface area contributed by atoms with Crippen LogP contribution in [0.25, 0.3) is 22.0 Å². The molecule has 0 aliphatic carbocycles. The summed E-state index contributed by atoms with van der Waals surface area (Å²) >= 11 is 0. The minimum Gasteiger partial charge on any atom is -0.457 e. The maximum absolute atomic E-state index is 12.9. The predicted molar refractivity (Wildman–Crippen MR) is 136 cm³/mol. The summed E-state index contributed by atoms with van der Waals surface area (Å²) in [6.45, 7) is 1.91. The molecular weight excluding hydrogens is 460 g/mol. The summed E-state index contributed by atoms with van der Waals surface area (Å²) in [6.07, 6.45) is 0. The molecule has 4 aromatic carbocycles. The van der Waals surface area contributed by atoms with E-state index in [1.54, 1.807) is 61.6 Å². The molecule has 6 nitrogen and oxygen atoms in total. The molecule has 174 valence electrons. The third-order valence-corrected chi connectivity index (χ3v) is 7.57. The first-order chi connectivity index (χ1) is 16.8.